The van der Waals surface area contributed by atoms with Crippen molar-refractivity contribution in [3.63, 3.8) is 0 Å². The Balaban J connectivity index is 1.80. The molecule has 1 saturated heterocycles. The van der Waals surface area contributed by atoms with Gasteiger partial charge in [0, 0.05) is 5.57 Å². The van der Waals surface area contributed by atoms with E-state index < -0.39 is 5.97 Å². The molecule has 8 heteroatoms. The van der Waals surface area contributed by atoms with Gasteiger partial charge in [0.1, 0.15) is 19.0 Å². The molecule has 2 atom stereocenters. The third kappa shape index (κ3) is 2.03. The van der Waals surface area contributed by atoms with E-state index in [0.29, 0.717) is 5.82 Å². The lowest BCUT2D eigenvalue weighted by molar-refractivity contribution is -0.138. The number of carbonyl (C=O) groups is 1. The zero-order chi connectivity index (χ0) is 12.5. The molecule has 1 fully saturated rings. The predicted octanol–water partition coefficient (Wildman–Crippen LogP) is -0.548. The molecule has 1 aromatic heterocycles. The lowest BCUT2D eigenvalue weighted by Gasteiger charge is -2.14. The van der Waals surface area contributed by atoms with Crippen molar-refractivity contribution < 1.29 is 19.4 Å². The van der Waals surface area contributed by atoms with Crippen LogP contribution >= 0.6 is 0 Å². The van der Waals surface area contributed by atoms with Crippen molar-refractivity contribution in [1.29, 1.82) is 0 Å². The Labute approximate surface area is 101 Å². The van der Waals surface area contributed by atoms with Gasteiger partial charge in [0.15, 0.2) is 6.54 Å². The van der Waals surface area contributed by atoms with E-state index in [1.54, 1.807) is 0 Å². The summed E-state index contributed by atoms with van der Waals surface area (Å²) < 4.78 is 10.7. The largest absolute Gasteiger partial charge is 0.480 e. The number of carboxylic acids is 1. The molecule has 0 spiro atoms. The van der Waals surface area contributed by atoms with Crippen LogP contribution in [0, 0.1) is 0 Å². The summed E-state index contributed by atoms with van der Waals surface area (Å²) >= 11 is 0. The molecule has 1 aromatic rings. The second-order valence-electron chi connectivity index (χ2n) is 3.90. The van der Waals surface area contributed by atoms with Crippen LogP contribution in [0.25, 0.3) is 5.57 Å². The molecule has 2 heterocycles. The number of aromatic nitrogens is 4. The first-order valence-corrected chi connectivity index (χ1v) is 5.35. The highest BCUT2D eigenvalue weighted by Crippen LogP contribution is 2.25. The number of fused-ring (bicyclic) bond motifs is 1. The summed E-state index contributed by atoms with van der Waals surface area (Å²) in [7, 11) is 0. The van der Waals surface area contributed by atoms with Crippen LogP contribution in [0.4, 0.5) is 0 Å². The number of hydrogen-bond donors (Lipinski definition) is 1. The van der Waals surface area contributed by atoms with Crippen LogP contribution in [-0.2, 0) is 20.8 Å². The molecule has 2 unspecified atom stereocenters. The van der Waals surface area contributed by atoms with E-state index in [-0.39, 0.29) is 25.5 Å². The molecule has 2 aliphatic rings. The first-order valence-electron chi connectivity index (χ1n) is 5.35. The van der Waals surface area contributed by atoms with E-state index in [9.17, 15) is 4.79 Å². The van der Waals surface area contributed by atoms with Crippen molar-refractivity contribution >= 4 is 11.5 Å². The van der Waals surface area contributed by atoms with Crippen LogP contribution in [-0.4, -0.2) is 50.3 Å². The van der Waals surface area contributed by atoms with Gasteiger partial charge in [0.05, 0.1) is 0 Å². The molecule has 0 amide bonds. The molecule has 18 heavy (non-hydrogen) atoms. The van der Waals surface area contributed by atoms with Crippen LogP contribution in [0.3, 0.4) is 0 Å². The van der Waals surface area contributed by atoms with E-state index in [4.69, 9.17) is 14.6 Å². The van der Waals surface area contributed by atoms with Crippen LogP contribution in [0.5, 0.6) is 0 Å². The standard InChI is InChI=1S/C10H10N4O4/c15-9(16)4-14-12-10(11-13-14)6-1-2-7-8(3-6)18-5-17-7/h1-3,7-8H,4-5H2,(H,15,16). The topological polar surface area (TPSA) is 99.4 Å². The molecular formula is C10H10N4O4. The Hall–Kier alpha value is -2.06. The Morgan fingerprint density at radius 2 is 2.33 bits per heavy atom. The van der Waals surface area contributed by atoms with Crippen molar-refractivity contribution in [2.75, 3.05) is 6.79 Å². The van der Waals surface area contributed by atoms with Crippen molar-refractivity contribution in [3.8, 4) is 0 Å². The highest BCUT2D eigenvalue weighted by molar-refractivity contribution is 5.71. The first-order chi connectivity index (χ1) is 8.72. The molecule has 3 rings (SSSR count). The average molecular weight is 250 g/mol. The third-order valence-electron chi connectivity index (χ3n) is 2.64. The number of hydrogen-bond acceptors (Lipinski definition) is 6. The minimum atomic E-state index is -1.01. The fourth-order valence-electron chi connectivity index (χ4n) is 1.82. The van der Waals surface area contributed by atoms with Crippen molar-refractivity contribution in [2.24, 2.45) is 0 Å². The maximum Gasteiger partial charge on any atom is 0.327 e. The Kier molecular flexibility index (Phi) is 2.65. The minimum absolute atomic E-state index is 0.0668. The SMILES string of the molecule is O=C(O)Cn1nnc(C2=CC3OCOC3C=C2)n1. The normalized spacial score (nSPS) is 25.9. The number of allylic oxidation sites excluding steroid dienone is 2. The molecule has 0 saturated carbocycles. The fraction of sp³-hybridized carbons (Fsp3) is 0.400. The maximum absolute atomic E-state index is 10.5. The lowest BCUT2D eigenvalue weighted by atomic mass is 10.0. The summed E-state index contributed by atoms with van der Waals surface area (Å²) in [6.07, 6.45) is 5.32. The fourth-order valence-corrected chi connectivity index (χ4v) is 1.82. The van der Waals surface area contributed by atoms with Gasteiger partial charge in [0.25, 0.3) is 0 Å². The first kappa shape index (κ1) is 11.1. The minimum Gasteiger partial charge on any atom is -0.480 e. The van der Waals surface area contributed by atoms with E-state index >= 15 is 0 Å². The molecule has 1 N–H and O–H groups in total. The van der Waals surface area contributed by atoms with Gasteiger partial charge in [-0.3, -0.25) is 4.79 Å². The van der Waals surface area contributed by atoms with E-state index in [0.717, 1.165) is 10.4 Å². The molecule has 0 bridgehead atoms. The van der Waals surface area contributed by atoms with Gasteiger partial charge in [-0.05, 0) is 11.3 Å². The van der Waals surface area contributed by atoms with E-state index in [2.05, 4.69) is 15.4 Å². The van der Waals surface area contributed by atoms with Gasteiger partial charge in [-0.15, -0.1) is 10.2 Å². The van der Waals surface area contributed by atoms with Gasteiger partial charge in [0.2, 0.25) is 5.82 Å². The quantitative estimate of drug-likeness (QED) is 0.768. The van der Waals surface area contributed by atoms with E-state index in [1.807, 2.05) is 18.2 Å². The summed E-state index contributed by atoms with van der Waals surface area (Å²) in [5.74, 6) is -0.638. The Morgan fingerprint density at radius 3 is 3.17 bits per heavy atom. The van der Waals surface area contributed by atoms with Gasteiger partial charge in [-0.25, -0.2) is 0 Å². The highest BCUT2D eigenvalue weighted by atomic mass is 16.7. The predicted molar refractivity (Wildman–Crippen MR) is 57.2 cm³/mol. The lowest BCUT2D eigenvalue weighted by Crippen LogP contribution is -2.20. The molecule has 0 radical (unpaired) electrons. The summed E-state index contributed by atoms with van der Waals surface area (Å²) in [5, 5.41) is 20.1. The van der Waals surface area contributed by atoms with Crippen LogP contribution in [0.15, 0.2) is 18.2 Å². The zero-order valence-electron chi connectivity index (χ0n) is 9.26. The van der Waals surface area contributed by atoms with Crippen LogP contribution in [0.1, 0.15) is 5.82 Å². The van der Waals surface area contributed by atoms with Gasteiger partial charge < -0.3 is 14.6 Å². The van der Waals surface area contributed by atoms with Crippen molar-refractivity contribution in [1.82, 2.24) is 20.2 Å². The monoisotopic (exact) mass is 250 g/mol. The molecule has 94 valence electrons. The number of nitrogens with zero attached hydrogens (tertiary/aromatic N) is 4. The zero-order valence-corrected chi connectivity index (χ0v) is 9.26. The number of ether oxygens (including phenoxy) is 2. The van der Waals surface area contributed by atoms with Crippen LogP contribution < -0.4 is 0 Å². The molecule has 1 aliphatic heterocycles. The number of rotatable bonds is 3. The highest BCUT2D eigenvalue weighted by Gasteiger charge is 2.29. The summed E-state index contributed by atoms with van der Waals surface area (Å²) in [6.45, 7) is -0.0434. The second kappa shape index (κ2) is 4.31. The molecule has 0 aromatic carbocycles. The maximum atomic E-state index is 10.5. The third-order valence-corrected chi connectivity index (χ3v) is 2.64. The number of carboxylic acid groups (broad SMARTS) is 1. The van der Waals surface area contributed by atoms with Gasteiger partial charge in [-0.1, -0.05) is 12.2 Å². The van der Waals surface area contributed by atoms with Gasteiger partial charge in [-0.2, -0.15) is 4.80 Å². The smallest absolute Gasteiger partial charge is 0.327 e. The van der Waals surface area contributed by atoms with Crippen molar-refractivity contribution in [2.45, 2.75) is 18.8 Å². The summed E-state index contributed by atoms with van der Waals surface area (Å²) in [6, 6.07) is 0. The second-order valence-corrected chi connectivity index (χ2v) is 3.90. The number of tetrazole rings is 1. The summed E-state index contributed by atoms with van der Waals surface area (Å²) in [4.78, 5) is 11.5. The Morgan fingerprint density at radius 1 is 1.50 bits per heavy atom. The molecule has 1 aliphatic carbocycles. The van der Waals surface area contributed by atoms with Crippen LogP contribution in [0.2, 0.25) is 0 Å². The average Bonchev–Trinajstić information content (AvgIpc) is 2.95. The summed E-state index contributed by atoms with van der Waals surface area (Å²) in [5.41, 5.74) is 0.749. The van der Waals surface area contributed by atoms with Gasteiger partial charge >= 0.3 is 5.97 Å². The number of aliphatic carboxylic acids is 1. The Bertz CT molecular complexity index is 536. The molecular weight excluding hydrogens is 240 g/mol. The van der Waals surface area contributed by atoms with Crippen molar-refractivity contribution in [3.05, 3.63) is 24.1 Å². The van der Waals surface area contributed by atoms with E-state index in [1.165, 1.54) is 0 Å². The molecule has 8 nitrogen and oxygen atoms in total.